The number of rotatable bonds is 7. The SMILES string of the molecule is CCN(CC)S(=O)(=O)c1ccc(C(=O)Oc2ccccc2C=C2Sc3ccccc3C2=O)cc1. The van der Waals surface area contributed by atoms with Crippen molar-refractivity contribution in [2.75, 3.05) is 13.1 Å². The maximum Gasteiger partial charge on any atom is 0.343 e. The van der Waals surface area contributed by atoms with Gasteiger partial charge in [0.2, 0.25) is 15.8 Å². The molecule has 0 radical (unpaired) electrons. The lowest BCUT2D eigenvalue weighted by Crippen LogP contribution is -2.30. The number of hydrogen-bond donors (Lipinski definition) is 0. The van der Waals surface area contributed by atoms with Gasteiger partial charge in [0.25, 0.3) is 0 Å². The topological polar surface area (TPSA) is 80.8 Å². The van der Waals surface area contributed by atoms with Crippen LogP contribution in [0, 0.1) is 0 Å². The Morgan fingerprint density at radius 3 is 2.26 bits per heavy atom. The number of fused-ring (bicyclic) bond motifs is 1. The second-order valence-corrected chi connectivity index (χ2v) is 10.5. The zero-order valence-corrected chi connectivity index (χ0v) is 20.4. The van der Waals surface area contributed by atoms with E-state index in [2.05, 4.69) is 0 Å². The third-order valence-corrected chi connectivity index (χ3v) is 8.58. The van der Waals surface area contributed by atoms with E-state index in [1.165, 1.54) is 40.3 Å². The molecule has 0 spiro atoms. The van der Waals surface area contributed by atoms with Crippen LogP contribution in [0.5, 0.6) is 5.75 Å². The van der Waals surface area contributed by atoms with Crippen LogP contribution in [0.2, 0.25) is 0 Å². The van der Waals surface area contributed by atoms with Crippen LogP contribution in [0.15, 0.2) is 87.5 Å². The molecule has 174 valence electrons. The second kappa shape index (κ2) is 9.97. The molecule has 0 atom stereocenters. The van der Waals surface area contributed by atoms with E-state index in [9.17, 15) is 18.0 Å². The lowest BCUT2D eigenvalue weighted by molar-refractivity contribution is 0.0734. The van der Waals surface area contributed by atoms with Crippen LogP contribution < -0.4 is 4.74 Å². The van der Waals surface area contributed by atoms with Crippen LogP contribution in [0.4, 0.5) is 0 Å². The number of ketones is 1. The van der Waals surface area contributed by atoms with Gasteiger partial charge in [0, 0.05) is 29.1 Å². The highest BCUT2D eigenvalue weighted by Crippen LogP contribution is 2.41. The number of nitrogens with zero attached hydrogens (tertiary/aromatic N) is 1. The first-order chi connectivity index (χ1) is 16.3. The molecule has 34 heavy (non-hydrogen) atoms. The fraction of sp³-hybridized carbons (Fsp3) is 0.154. The van der Waals surface area contributed by atoms with Crippen LogP contribution in [0.25, 0.3) is 6.08 Å². The minimum atomic E-state index is -3.61. The molecule has 0 aromatic heterocycles. The van der Waals surface area contributed by atoms with Crippen molar-refractivity contribution in [3.8, 4) is 5.75 Å². The highest BCUT2D eigenvalue weighted by atomic mass is 32.2. The zero-order chi connectivity index (χ0) is 24.3. The molecular formula is C26H23NO5S2. The number of benzene rings is 3. The molecular weight excluding hydrogens is 470 g/mol. The largest absolute Gasteiger partial charge is 0.422 e. The van der Waals surface area contributed by atoms with E-state index < -0.39 is 16.0 Å². The Morgan fingerprint density at radius 2 is 1.59 bits per heavy atom. The first kappa shape index (κ1) is 23.9. The minimum Gasteiger partial charge on any atom is -0.422 e. The van der Waals surface area contributed by atoms with Crippen molar-refractivity contribution in [3.05, 3.63) is 94.4 Å². The summed E-state index contributed by atoms with van der Waals surface area (Å²) in [6.07, 6.45) is 1.72. The molecule has 0 N–H and O–H groups in total. The molecule has 1 heterocycles. The molecule has 1 aliphatic heterocycles. The molecule has 6 nitrogen and oxygen atoms in total. The predicted octanol–water partition coefficient (Wildman–Crippen LogP) is 5.27. The molecule has 0 unspecified atom stereocenters. The number of para-hydroxylation sites is 1. The van der Waals surface area contributed by atoms with Crippen molar-refractivity contribution in [3.63, 3.8) is 0 Å². The molecule has 1 aliphatic rings. The Bertz CT molecular complexity index is 1370. The van der Waals surface area contributed by atoms with Gasteiger partial charge in [-0.25, -0.2) is 13.2 Å². The molecule has 4 rings (SSSR count). The highest BCUT2D eigenvalue weighted by Gasteiger charge is 2.26. The summed E-state index contributed by atoms with van der Waals surface area (Å²) in [6, 6.07) is 20.1. The molecule has 0 amide bonds. The number of carbonyl (C=O) groups excluding carboxylic acids is 2. The van der Waals surface area contributed by atoms with Gasteiger partial charge < -0.3 is 4.74 Å². The number of ether oxygens (including phenoxy) is 1. The summed E-state index contributed by atoms with van der Waals surface area (Å²) in [5.74, 6) is -0.373. The third-order valence-electron chi connectivity index (χ3n) is 5.42. The Kier molecular flexibility index (Phi) is 7.02. The van der Waals surface area contributed by atoms with Gasteiger partial charge in [-0.2, -0.15) is 4.31 Å². The maximum atomic E-state index is 12.8. The average Bonchev–Trinajstić information content (AvgIpc) is 3.16. The number of hydrogen-bond acceptors (Lipinski definition) is 6. The summed E-state index contributed by atoms with van der Waals surface area (Å²) in [5, 5.41) is 0. The van der Waals surface area contributed by atoms with Crippen LogP contribution in [0.1, 0.15) is 40.1 Å². The van der Waals surface area contributed by atoms with Gasteiger partial charge in [-0.1, -0.05) is 55.9 Å². The lowest BCUT2D eigenvalue weighted by Gasteiger charge is -2.18. The normalized spacial score (nSPS) is 14.4. The van der Waals surface area contributed by atoms with E-state index in [0.29, 0.717) is 34.9 Å². The summed E-state index contributed by atoms with van der Waals surface area (Å²) in [5.41, 5.74) is 1.48. The highest BCUT2D eigenvalue weighted by molar-refractivity contribution is 8.04. The van der Waals surface area contributed by atoms with Crippen molar-refractivity contribution in [2.45, 2.75) is 23.6 Å². The van der Waals surface area contributed by atoms with Crippen molar-refractivity contribution in [1.29, 1.82) is 0 Å². The van der Waals surface area contributed by atoms with Gasteiger partial charge in [0.15, 0.2) is 0 Å². The summed E-state index contributed by atoms with van der Waals surface area (Å²) in [6.45, 7) is 4.27. The van der Waals surface area contributed by atoms with Crippen molar-refractivity contribution in [1.82, 2.24) is 4.31 Å². The molecule has 8 heteroatoms. The molecule has 0 bridgehead atoms. The van der Waals surface area contributed by atoms with Crippen LogP contribution in [0.3, 0.4) is 0 Å². The van der Waals surface area contributed by atoms with Crippen LogP contribution in [-0.4, -0.2) is 37.6 Å². The number of esters is 1. The maximum absolute atomic E-state index is 12.8. The fourth-order valence-electron chi connectivity index (χ4n) is 3.60. The van der Waals surface area contributed by atoms with E-state index in [-0.39, 0.29) is 16.2 Å². The molecule has 0 fully saturated rings. The summed E-state index contributed by atoms with van der Waals surface area (Å²) in [7, 11) is -3.61. The second-order valence-electron chi connectivity index (χ2n) is 7.48. The molecule has 0 saturated carbocycles. The number of sulfonamides is 1. The smallest absolute Gasteiger partial charge is 0.343 e. The van der Waals surface area contributed by atoms with Gasteiger partial charge >= 0.3 is 5.97 Å². The Morgan fingerprint density at radius 1 is 0.941 bits per heavy atom. The Balaban J connectivity index is 1.55. The van der Waals surface area contributed by atoms with Crippen molar-refractivity contribution < 1.29 is 22.7 Å². The van der Waals surface area contributed by atoms with Crippen molar-refractivity contribution >= 4 is 39.6 Å². The summed E-state index contributed by atoms with van der Waals surface area (Å²) in [4.78, 5) is 27.1. The Labute approximate surface area is 203 Å². The first-order valence-electron chi connectivity index (χ1n) is 10.8. The molecule has 3 aromatic rings. The van der Waals surface area contributed by atoms with Gasteiger partial charge in [-0.3, -0.25) is 4.79 Å². The number of thioether (sulfide) groups is 1. The first-order valence-corrected chi connectivity index (χ1v) is 13.1. The van der Waals surface area contributed by atoms with Gasteiger partial charge in [0.05, 0.1) is 15.4 Å². The Hall–Kier alpha value is -3.20. The molecule has 0 saturated heterocycles. The fourth-order valence-corrected chi connectivity index (χ4v) is 6.10. The summed E-state index contributed by atoms with van der Waals surface area (Å²) < 4.78 is 32.3. The predicted molar refractivity (Wildman–Crippen MR) is 133 cm³/mol. The number of allylic oxidation sites excluding steroid dienone is 1. The lowest BCUT2D eigenvalue weighted by atomic mass is 10.1. The average molecular weight is 494 g/mol. The zero-order valence-electron chi connectivity index (χ0n) is 18.7. The van der Waals surface area contributed by atoms with E-state index in [0.717, 1.165) is 4.90 Å². The van der Waals surface area contributed by atoms with E-state index in [4.69, 9.17) is 4.74 Å². The van der Waals surface area contributed by atoms with E-state index in [1.807, 2.05) is 18.2 Å². The quantitative estimate of drug-likeness (QED) is 0.254. The monoisotopic (exact) mass is 493 g/mol. The van der Waals surface area contributed by atoms with Gasteiger partial charge in [0.1, 0.15) is 5.75 Å². The number of Topliss-reactive ketones (excluding diaryl/α,β-unsaturated/α-hetero) is 1. The standard InChI is InChI=1S/C26H23NO5S2/c1-3-27(4-2)34(30,31)20-15-13-18(14-16-20)26(29)32-22-11-7-5-9-19(22)17-24-25(28)21-10-6-8-12-23(21)33-24/h5-17H,3-4H2,1-2H3. The summed E-state index contributed by atoms with van der Waals surface area (Å²) >= 11 is 1.38. The number of carbonyl (C=O) groups is 2. The van der Waals surface area contributed by atoms with Gasteiger partial charge in [-0.15, -0.1) is 0 Å². The van der Waals surface area contributed by atoms with Crippen molar-refractivity contribution in [2.24, 2.45) is 0 Å². The van der Waals surface area contributed by atoms with E-state index in [1.54, 1.807) is 50.3 Å². The molecule has 3 aromatic carbocycles. The molecule has 0 aliphatic carbocycles. The van der Waals surface area contributed by atoms with Gasteiger partial charge in [-0.05, 0) is 48.5 Å². The van der Waals surface area contributed by atoms with E-state index >= 15 is 0 Å². The minimum absolute atomic E-state index is 0.0632. The van der Waals surface area contributed by atoms with Crippen LogP contribution >= 0.6 is 11.8 Å². The van der Waals surface area contributed by atoms with Crippen LogP contribution in [-0.2, 0) is 10.0 Å². The third kappa shape index (κ3) is 4.70.